The third kappa shape index (κ3) is 4.86. The number of nitrogens with one attached hydrogen (secondary N) is 3. The van der Waals surface area contributed by atoms with Gasteiger partial charge in [-0.25, -0.2) is 0 Å². The minimum Gasteiger partial charge on any atom is -0.370 e. The van der Waals surface area contributed by atoms with E-state index in [4.69, 9.17) is 17.0 Å². The number of hydrogen-bond acceptors (Lipinski definition) is 3. The number of morpholine rings is 1. The van der Waals surface area contributed by atoms with E-state index in [9.17, 15) is 4.79 Å². The Balaban J connectivity index is 1.81. The Morgan fingerprint density at radius 3 is 2.74 bits per heavy atom. The van der Waals surface area contributed by atoms with E-state index in [-0.39, 0.29) is 5.56 Å². The molecule has 1 saturated heterocycles. The predicted molar refractivity (Wildman–Crippen MR) is 112 cm³/mol. The van der Waals surface area contributed by atoms with Crippen molar-refractivity contribution in [3.63, 3.8) is 0 Å². The van der Waals surface area contributed by atoms with Gasteiger partial charge in [0.15, 0.2) is 5.11 Å². The predicted octanol–water partition coefficient (Wildman–Crippen LogP) is 0.366. The Morgan fingerprint density at radius 2 is 2.04 bits per heavy atom. The van der Waals surface area contributed by atoms with Gasteiger partial charge in [-0.1, -0.05) is 6.07 Å². The molecule has 1 aliphatic rings. The summed E-state index contributed by atoms with van der Waals surface area (Å²) in [6.45, 7) is 10.1. The van der Waals surface area contributed by atoms with Crippen molar-refractivity contribution in [3.05, 3.63) is 45.2 Å². The van der Waals surface area contributed by atoms with Crippen LogP contribution in [0.1, 0.15) is 16.7 Å². The quantitative estimate of drug-likeness (QED) is 0.645. The minimum atomic E-state index is -0.0462. The molecule has 2 aromatic rings. The molecule has 3 rings (SSSR count). The topological polar surface area (TPSA) is 61.8 Å². The van der Waals surface area contributed by atoms with Gasteiger partial charge in [0.1, 0.15) is 13.1 Å². The van der Waals surface area contributed by atoms with Crippen LogP contribution < -0.4 is 15.8 Å². The molecule has 0 amide bonds. The van der Waals surface area contributed by atoms with E-state index in [0.717, 1.165) is 61.4 Å². The van der Waals surface area contributed by atoms with Crippen LogP contribution in [0.2, 0.25) is 0 Å². The summed E-state index contributed by atoms with van der Waals surface area (Å²) in [5.41, 5.74) is 3.90. The van der Waals surface area contributed by atoms with Crippen molar-refractivity contribution in [1.29, 1.82) is 0 Å². The number of hydrogen-bond donors (Lipinski definition) is 3. The first-order valence-corrected chi connectivity index (χ1v) is 9.90. The summed E-state index contributed by atoms with van der Waals surface area (Å²) < 4.78 is 5.43. The number of aromatic nitrogens is 1. The normalized spacial score (nSPS) is 15.1. The zero-order valence-electron chi connectivity index (χ0n) is 16.4. The molecule has 1 aliphatic heterocycles. The maximum atomic E-state index is 12.6. The van der Waals surface area contributed by atoms with Crippen molar-refractivity contribution in [3.8, 4) is 0 Å². The Kier molecular flexibility index (Phi) is 6.46. The SMILES string of the molecule is CNC(=S)N(CC[NH+]1CCOCC1)Cc1cc2c(C)cc(C)cc2[nH]c1=O. The summed E-state index contributed by atoms with van der Waals surface area (Å²) in [6.07, 6.45) is 0. The summed E-state index contributed by atoms with van der Waals surface area (Å²) in [6, 6.07) is 6.17. The molecule has 2 heterocycles. The van der Waals surface area contributed by atoms with Crippen LogP contribution >= 0.6 is 12.2 Å². The number of H-pyrrole nitrogens is 1. The first-order valence-electron chi connectivity index (χ1n) is 9.49. The second kappa shape index (κ2) is 8.82. The van der Waals surface area contributed by atoms with E-state index in [1.807, 2.05) is 26.1 Å². The van der Waals surface area contributed by atoms with Gasteiger partial charge in [-0.3, -0.25) is 4.79 Å². The first-order chi connectivity index (χ1) is 13.0. The number of rotatable bonds is 5. The van der Waals surface area contributed by atoms with Gasteiger partial charge in [-0.15, -0.1) is 0 Å². The Bertz CT molecular complexity index is 874. The summed E-state index contributed by atoms with van der Waals surface area (Å²) in [4.78, 5) is 19.3. The van der Waals surface area contributed by atoms with E-state index >= 15 is 0 Å². The first kappa shape index (κ1) is 19.8. The average Bonchev–Trinajstić information content (AvgIpc) is 2.65. The molecular weight excluding hydrogens is 360 g/mol. The number of nitrogens with zero attached hydrogens (tertiary/aromatic N) is 1. The van der Waals surface area contributed by atoms with Crippen LogP contribution in [0, 0.1) is 13.8 Å². The monoisotopic (exact) mass is 389 g/mol. The molecule has 0 unspecified atom stereocenters. The number of thiocarbonyl (C=S) groups is 1. The number of aryl methyl sites for hydroxylation is 2. The number of benzene rings is 1. The van der Waals surface area contributed by atoms with Crippen LogP contribution in [0.4, 0.5) is 0 Å². The summed E-state index contributed by atoms with van der Waals surface area (Å²) >= 11 is 5.49. The van der Waals surface area contributed by atoms with E-state index in [1.165, 1.54) is 10.5 Å². The smallest absolute Gasteiger partial charge is 0.253 e. The Morgan fingerprint density at radius 1 is 1.30 bits per heavy atom. The standard InChI is InChI=1S/C20H28N4O2S/c1-14-10-15(2)17-12-16(19(25)22-18(17)11-14)13-24(20(27)21-3)5-4-23-6-8-26-9-7-23/h10-12H,4-9,13H2,1-3H3,(H,21,27)(H,22,25)/p+1. The molecule has 0 spiro atoms. The van der Waals surface area contributed by atoms with Gasteiger partial charge in [0.25, 0.3) is 5.56 Å². The molecule has 1 fully saturated rings. The molecule has 0 saturated carbocycles. The number of aromatic amines is 1. The van der Waals surface area contributed by atoms with Gasteiger partial charge < -0.3 is 24.8 Å². The summed E-state index contributed by atoms with van der Waals surface area (Å²) in [5, 5.41) is 4.82. The lowest BCUT2D eigenvalue weighted by Crippen LogP contribution is -3.14. The van der Waals surface area contributed by atoms with Crippen LogP contribution in [0.25, 0.3) is 10.9 Å². The molecule has 0 radical (unpaired) electrons. The van der Waals surface area contributed by atoms with Crippen molar-refractivity contribution in [2.24, 2.45) is 0 Å². The molecule has 6 nitrogen and oxygen atoms in total. The van der Waals surface area contributed by atoms with Crippen molar-refractivity contribution < 1.29 is 9.64 Å². The van der Waals surface area contributed by atoms with Crippen LogP contribution in [0.3, 0.4) is 0 Å². The molecule has 1 aromatic carbocycles. The number of ether oxygens (including phenoxy) is 1. The zero-order valence-corrected chi connectivity index (χ0v) is 17.2. The largest absolute Gasteiger partial charge is 0.370 e. The number of fused-ring (bicyclic) bond motifs is 1. The fourth-order valence-electron chi connectivity index (χ4n) is 3.65. The third-order valence-electron chi connectivity index (χ3n) is 5.19. The van der Waals surface area contributed by atoms with E-state index in [1.54, 1.807) is 0 Å². The second-order valence-electron chi connectivity index (χ2n) is 7.26. The van der Waals surface area contributed by atoms with E-state index < -0.39 is 0 Å². The fourth-order valence-corrected chi connectivity index (χ4v) is 3.81. The van der Waals surface area contributed by atoms with Crippen molar-refractivity contribution in [1.82, 2.24) is 15.2 Å². The van der Waals surface area contributed by atoms with Crippen LogP contribution in [-0.2, 0) is 11.3 Å². The molecule has 0 atom stereocenters. The molecule has 0 aliphatic carbocycles. The summed E-state index contributed by atoms with van der Waals surface area (Å²) in [5.74, 6) is 0. The lowest BCUT2D eigenvalue weighted by molar-refractivity contribution is -0.907. The lowest BCUT2D eigenvalue weighted by Gasteiger charge is -2.29. The minimum absolute atomic E-state index is 0.0462. The van der Waals surface area contributed by atoms with Crippen LogP contribution in [0.15, 0.2) is 23.0 Å². The second-order valence-corrected chi connectivity index (χ2v) is 7.64. The molecule has 1 aromatic heterocycles. The molecule has 3 N–H and O–H groups in total. The highest BCUT2D eigenvalue weighted by atomic mass is 32.1. The van der Waals surface area contributed by atoms with Gasteiger partial charge >= 0.3 is 0 Å². The van der Waals surface area contributed by atoms with Gasteiger partial charge in [-0.05, 0) is 49.3 Å². The zero-order chi connectivity index (χ0) is 19.4. The van der Waals surface area contributed by atoms with Gasteiger partial charge in [-0.2, -0.15) is 0 Å². The van der Waals surface area contributed by atoms with Gasteiger partial charge in [0, 0.05) is 23.5 Å². The maximum Gasteiger partial charge on any atom is 0.253 e. The Hall–Kier alpha value is -1.96. The third-order valence-corrected chi connectivity index (χ3v) is 5.65. The highest BCUT2D eigenvalue weighted by molar-refractivity contribution is 7.80. The lowest BCUT2D eigenvalue weighted by atomic mass is 10.0. The van der Waals surface area contributed by atoms with Crippen LogP contribution in [-0.4, -0.2) is 61.4 Å². The highest BCUT2D eigenvalue weighted by Crippen LogP contribution is 2.19. The van der Waals surface area contributed by atoms with Crippen molar-refractivity contribution >= 4 is 28.2 Å². The van der Waals surface area contributed by atoms with Gasteiger partial charge in [0.2, 0.25) is 0 Å². The highest BCUT2D eigenvalue weighted by Gasteiger charge is 2.18. The molecule has 7 heteroatoms. The molecule has 27 heavy (non-hydrogen) atoms. The molecule has 0 bridgehead atoms. The van der Waals surface area contributed by atoms with Crippen molar-refractivity contribution in [2.45, 2.75) is 20.4 Å². The molecule has 146 valence electrons. The summed E-state index contributed by atoms with van der Waals surface area (Å²) in [7, 11) is 1.83. The maximum absolute atomic E-state index is 12.6. The molecular formula is C20H29N4O2S+. The average molecular weight is 390 g/mol. The van der Waals surface area contributed by atoms with E-state index in [0.29, 0.717) is 11.7 Å². The van der Waals surface area contributed by atoms with Crippen LogP contribution in [0.5, 0.6) is 0 Å². The van der Waals surface area contributed by atoms with Crippen molar-refractivity contribution in [2.75, 3.05) is 46.4 Å². The Labute approximate surface area is 165 Å². The fraction of sp³-hybridized carbons (Fsp3) is 0.500. The number of pyridine rings is 1. The van der Waals surface area contributed by atoms with Gasteiger partial charge in [0.05, 0.1) is 32.8 Å². The van der Waals surface area contributed by atoms with E-state index in [2.05, 4.69) is 28.2 Å². The number of quaternary nitrogens is 1.